The number of nitrogens with zero attached hydrogens (tertiary/aromatic N) is 1. The van der Waals surface area contributed by atoms with Gasteiger partial charge in [0, 0.05) is 18.2 Å². The molecule has 2 aliphatic rings. The van der Waals surface area contributed by atoms with Gasteiger partial charge in [-0.1, -0.05) is 48.5 Å². The second-order valence-corrected chi connectivity index (χ2v) is 5.79. The summed E-state index contributed by atoms with van der Waals surface area (Å²) in [6.07, 6.45) is 0. The van der Waals surface area contributed by atoms with E-state index in [9.17, 15) is 19.2 Å². The molecule has 1 heterocycles. The van der Waals surface area contributed by atoms with E-state index < -0.39 is 23.6 Å². The molecule has 2 aromatic rings. The lowest BCUT2D eigenvalue weighted by molar-refractivity contribution is -0.129. The molecule has 4 amide bonds. The van der Waals surface area contributed by atoms with E-state index in [1.54, 1.807) is 24.3 Å². The van der Waals surface area contributed by atoms with Gasteiger partial charge in [-0.05, 0) is 16.7 Å². The highest BCUT2D eigenvalue weighted by atomic mass is 16.2. The van der Waals surface area contributed by atoms with Crippen molar-refractivity contribution in [2.45, 2.75) is 0 Å². The van der Waals surface area contributed by atoms with Crippen LogP contribution in [0.25, 0.3) is 16.7 Å². The zero-order valence-corrected chi connectivity index (χ0v) is 13.2. The smallest absolute Gasteiger partial charge is 0.289 e. The van der Waals surface area contributed by atoms with Crippen molar-refractivity contribution in [2.24, 2.45) is 0 Å². The maximum Gasteiger partial charge on any atom is 0.331 e. The number of benzene rings is 2. The second kappa shape index (κ2) is 5.24. The van der Waals surface area contributed by atoms with Crippen LogP contribution in [0.2, 0.25) is 0 Å². The van der Waals surface area contributed by atoms with Gasteiger partial charge in [-0.15, -0.1) is 0 Å². The first-order chi connectivity index (χ1) is 12.0. The van der Waals surface area contributed by atoms with E-state index in [0.717, 1.165) is 16.0 Å². The minimum Gasteiger partial charge on any atom is -0.289 e. The molecule has 6 heteroatoms. The van der Waals surface area contributed by atoms with Crippen LogP contribution in [-0.4, -0.2) is 35.6 Å². The van der Waals surface area contributed by atoms with Gasteiger partial charge in [0.2, 0.25) is 0 Å². The first kappa shape index (κ1) is 15.0. The number of rotatable bonds is 0. The fourth-order valence-electron chi connectivity index (χ4n) is 3.18. The van der Waals surface area contributed by atoms with Crippen LogP contribution in [-0.2, 0) is 9.59 Å². The molecule has 1 aliphatic heterocycles. The number of Topliss-reactive ketones (excluding diaryl/α,β-unsaturated/α-hetero) is 1. The quantitative estimate of drug-likeness (QED) is 0.591. The SMILES string of the molecule is CN1C(=O)NC(=O)/C(=C2/C(=O)c3ccccc3-c3ccccc32)C1=O. The lowest BCUT2D eigenvalue weighted by atomic mass is 9.79. The van der Waals surface area contributed by atoms with Gasteiger partial charge in [-0.2, -0.15) is 0 Å². The van der Waals surface area contributed by atoms with Gasteiger partial charge in [0.15, 0.2) is 5.78 Å². The van der Waals surface area contributed by atoms with E-state index >= 15 is 0 Å². The third-order valence-corrected chi connectivity index (χ3v) is 4.41. The Morgan fingerprint density at radius 3 is 1.88 bits per heavy atom. The third kappa shape index (κ3) is 2.04. The number of hydrogen-bond donors (Lipinski definition) is 1. The molecule has 0 unspecified atom stereocenters. The second-order valence-electron chi connectivity index (χ2n) is 5.79. The van der Waals surface area contributed by atoms with Crippen molar-refractivity contribution in [3.63, 3.8) is 0 Å². The highest BCUT2D eigenvalue weighted by molar-refractivity contribution is 6.45. The number of hydrogen-bond acceptors (Lipinski definition) is 4. The maximum atomic E-state index is 13.1. The van der Waals surface area contributed by atoms with Gasteiger partial charge < -0.3 is 0 Å². The fraction of sp³-hybridized carbons (Fsp3) is 0.0526. The Morgan fingerprint density at radius 1 is 0.720 bits per heavy atom. The predicted molar refractivity (Wildman–Crippen MR) is 89.4 cm³/mol. The summed E-state index contributed by atoms with van der Waals surface area (Å²) in [6.45, 7) is 0. The molecule has 1 fully saturated rings. The topological polar surface area (TPSA) is 83.6 Å². The van der Waals surface area contributed by atoms with Crippen molar-refractivity contribution < 1.29 is 19.2 Å². The van der Waals surface area contributed by atoms with E-state index in [4.69, 9.17) is 0 Å². The number of ketones is 1. The van der Waals surface area contributed by atoms with Crippen molar-refractivity contribution in [3.05, 3.63) is 65.2 Å². The average Bonchev–Trinajstić information content (AvgIpc) is 2.62. The van der Waals surface area contributed by atoms with Crippen molar-refractivity contribution in [1.29, 1.82) is 0 Å². The number of amides is 4. The van der Waals surface area contributed by atoms with Crippen LogP contribution in [0.5, 0.6) is 0 Å². The van der Waals surface area contributed by atoms with Crippen LogP contribution >= 0.6 is 0 Å². The zero-order valence-electron chi connectivity index (χ0n) is 13.2. The maximum absolute atomic E-state index is 13.1. The van der Waals surface area contributed by atoms with Crippen LogP contribution in [0.1, 0.15) is 15.9 Å². The Labute approximate surface area is 142 Å². The first-order valence-electron chi connectivity index (χ1n) is 7.62. The standard InChI is InChI=1S/C19H12N2O4/c1-21-18(24)15(17(23)20-19(21)25)14-12-8-4-2-6-10(12)11-7-3-5-9-13(11)16(14)22/h2-9H,1H3,(H,20,23,25)/b15-14-. The van der Waals surface area contributed by atoms with Crippen molar-refractivity contribution in [1.82, 2.24) is 10.2 Å². The Bertz CT molecular complexity index is 1020. The summed E-state index contributed by atoms with van der Waals surface area (Å²) < 4.78 is 0. The number of fused-ring (bicyclic) bond motifs is 3. The monoisotopic (exact) mass is 332 g/mol. The molecule has 0 spiro atoms. The van der Waals surface area contributed by atoms with Gasteiger partial charge in [0.25, 0.3) is 11.8 Å². The number of barbiturate groups is 1. The molecule has 1 saturated heterocycles. The summed E-state index contributed by atoms with van der Waals surface area (Å²) in [5, 5.41) is 2.10. The van der Waals surface area contributed by atoms with Crippen LogP contribution in [0, 0.1) is 0 Å². The summed E-state index contributed by atoms with van der Waals surface area (Å²) in [5.74, 6) is -2.05. The molecule has 6 nitrogen and oxygen atoms in total. The van der Waals surface area contributed by atoms with E-state index in [1.807, 2.05) is 24.3 Å². The van der Waals surface area contributed by atoms with Crippen LogP contribution < -0.4 is 5.32 Å². The summed E-state index contributed by atoms with van der Waals surface area (Å²) in [4.78, 5) is 50.4. The normalized spacial score (nSPS) is 19.5. The number of imide groups is 2. The van der Waals surface area contributed by atoms with E-state index in [-0.39, 0.29) is 11.1 Å². The van der Waals surface area contributed by atoms with Crippen molar-refractivity contribution in [2.75, 3.05) is 7.05 Å². The molecule has 122 valence electrons. The molecule has 1 N–H and O–H groups in total. The molecule has 25 heavy (non-hydrogen) atoms. The minimum atomic E-state index is -0.856. The molecule has 0 aromatic heterocycles. The van der Waals surface area contributed by atoms with Gasteiger partial charge >= 0.3 is 6.03 Å². The number of carbonyl (C=O) groups is 4. The third-order valence-electron chi connectivity index (χ3n) is 4.41. The number of allylic oxidation sites excluding steroid dienone is 1. The number of urea groups is 1. The molecule has 0 bridgehead atoms. The van der Waals surface area contributed by atoms with Gasteiger partial charge in [-0.3, -0.25) is 24.6 Å². The fourth-order valence-corrected chi connectivity index (χ4v) is 3.18. The molecular weight excluding hydrogens is 320 g/mol. The number of likely N-dealkylation sites (N-methyl/N-ethyl adjacent to an activating group) is 1. The zero-order chi connectivity index (χ0) is 17.7. The highest BCUT2D eigenvalue weighted by Crippen LogP contribution is 2.40. The first-order valence-corrected chi connectivity index (χ1v) is 7.62. The summed E-state index contributed by atoms with van der Waals surface area (Å²) >= 11 is 0. The Hall–Kier alpha value is -3.54. The molecule has 1 aliphatic carbocycles. The van der Waals surface area contributed by atoms with E-state index in [1.165, 1.54) is 7.05 Å². The number of carbonyl (C=O) groups excluding carboxylic acids is 4. The van der Waals surface area contributed by atoms with Crippen molar-refractivity contribution >= 4 is 29.2 Å². The average molecular weight is 332 g/mol. The summed E-state index contributed by atoms with van der Waals surface area (Å²) in [6, 6.07) is 13.3. The Balaban J connectivity index is 2.06. The van der Waals surface area contributed by atoms with Gasteiger partial charge in [0.05, 0.1) is 0 Å². The number of nitrogens with one attached hydrogen (secondary N) is 1. The van der Waals surface area contributed by atoms with Crippen LogP contribution in [0.4, 0.5) is 4.79 Å². The van der Waals surface area contributed by atoms with Gasteiger partial charge in [-0.25, -0.2) is 4.79 Å². The predicted octanol–water partition coefficient (Wildman–Crippen LogP) is 2.01. The summed E-state index contributed by atoms with van der Waals surface area (Å²) in [7, 11) is 1.26. The highest BCUT2D eigenvalue weighted by Gasteiger charge is 2.40. The van der Waals surface area contributed by atoms with Crippen molar-refractivity contribution in [3.8, 4) is 11.1 Å². The van der Waals surface area contributed by atoms with E-state index in [2.05, 4.69) is 5.32 Å². The lowest BCUT2D eigenvalue weighted by Crippen LogP contribution is -2.53. The molecule has 2 aromatic carbocycles. The Kier molecular flexibility index (Phi) is 3.15. The van der Waals surface area contributed by atoms with Crippen LogP contribution in [0.15, 0.2) is 54.1 Å². The summed E-state index contributed by atoms with van der Waals surface area (Å²) in [5.41, 5.74) is 2.16. The van der Waals surface area contributed by atoms with E-state index in [0.29, 0.717) is 11.1 Å². The molecular formula is C19H12N2O4. The lowest BCUT2D eigenvalue weighted by Gasteiger charge is -2.27. The minimum absolute atomic E-state index is 0.0242. The molecule has 0 saturated carbocycles. The Morgan fingerprint density at radius 2 is 1.24 bits per heavy atom. The molecule has 0 atom stereocenters. The van der Waals surface area contributed by atoms with Crippen LogP contribution in [0.3, 0.4) is 0 Å². The van der Waals surface area contributed by atoms with Gasteiger partial charge in [0.1, 0.15) is 5.57 Å². The largest absolute Gasteiger partial charge is 0.331 e. The molecule has 4 rings (SSSR count). The molecule has 0 radical (unpaired) electrons.